The molecule has 6 heteroatoms. The van der Waals surface area contributed by atoms with Gasteiger partial charge in [-0.2, -0.15) is 0 Å². The normalized spacial score (nSPS) is 11.4. The van der Waals surface area contributed by atoms with Gasteiger partial charge in [-0.3, -0.25) is 0 Å². The molecule has 0 atom stereocenters. The fourth-order valence-electron chi connectivity index (χ4n) is 2.07. The zero-order chi connectivity index (χ0) is 15.6. The maximum atomic E-state index is 12.1. The lowest BCUT2D eigenvalue weighted by Gasteiger charge is -2.15. The molecule has 112 valence electrons. The van der Waals surface area contributed by atoms with Gasteiger partial charge >= 0.3 is 0 Å². The van der Waals surface area contributed by atoms with Crippen molar-refractivity contribution >= 4 is 27.1 Å². The van der Waals surface area contributed by atoms with Crippen molar-refractivity contribution in [3.05, 3.63) is 47.5 Å². The quantitative estimate of drug-likeness (QED) is 0.758. The Balaban J connectivity index is 2.50. The van der Waals surface area contributed by atoms with Gasteiger partial charge in [0.25, 0.3) is 0 Å². The maximum absolute atomic E-state index is 12.1. The third-order valence-electron chi connectivity index (χ3n) is 3.22. The molecule has 21 heavy (non-hydrogen) atoms. The van der Waals surface area contributed by atoms with Crippen LogP contribution in [0, 0.1) is 13.8 Å². The number of anilines is 3. The second-order valence-corrected chi connectivity index (χ2v) is 6.76. The van der Waals surface area contributed by atoms with Crippen LogP contribution in [0.5, 0.6) is 0 Å². The van der Waals surface area contributed by atoms with E-state index >= 15 is 0 Å². The highest BCUT2D eigenvalue weighted by atomic mass is 32.2. The third-order valence-corrected chi connectivity index (χ3v) is 4.67. The second kappa shape index (κ2) is 5.75. The summed E-state index contributed by atoms with van der Waals surface area (Å²) in [6, 6.07) is 10.7. The number of sulfonamides is 1. The number of aryl methyl sites for hydroxylation is 2. The predicted octanol–water partition coefficient (Wildman–Crippen LogP) is 2.54. The van der Waals surface area contributed by atoms with Crippen molar-refractivity contribution in [1.82, 2.24) is 4.72 Å². The minimum atomic E-state index is -3.58. The molecule has 2 aromatic carbocycles. The molecule has 2 aromatic rings. The summed E-state index contributed by atoms with van der Waals surface area (Å²) < 4.78 is 26.5. The van der Waals surface area contributed by atoms with Crippen molar-refractivity contribution in [2.75, 3.05) is 18.1 Å². The zero-order valence-corrected chi connectivity index (χ0v) is 13.1. The van der Waals surface area contributed by atoms with Crippen molar-refractivity contribution in [3.63, 3.8) is 0 Å². The molecule has 2 rings (SSSR count). The van der Waals surface area contributed by atoms with Crippen molar-refractivity contribution in [2.45, 2.75) is 18.7 Å². The number of rotatable bonds is 4. The van der Waals surface area contributed by atoms with Gasteiger partial charge in [0.1, 0.15) is 4.90 Å². The largest absolute Gasteiger partial charge is 0.399 e. The first-order valence-electron chi connectivity index (χ1n) is 6.51. The minimum absolute atomic E-state index is 0.130. The van der Waals surface area contributed by atoms with Gasteiger partial charge in [0.2, 0.25) is 10.0 Å². The molecule has 0 saturated heterocycles. The maximum Gasteiger partial charge on any atom is 0.242 e. The van der Waals surface area contributed by atoms with Gasteiger partial charge in [0.15, 0.2) is 0 Å². The van der Waals surface area contributed by atoms with Gasteiger partial charge in [0.05, 0.1) is 5.69 Å². The summed E-state index contributed by atoms with van der Waals surface area (Å²) in [6.45, 7) is 3.98. The van der Waals surface area contributed by atoms with Crippen molar-refractivity contribution in [1.29, 1.82) is 0 Å². The number of benzene rings is 2. The molecular formula is C15H19N3O2S. The van der Waals surface area contributed by atoms with Crippen LogP contribution in [0.4, 0.5) is 17.1 Å². The average molecular weight is 305 g/mol. The van der Waals surface area contributed by atoms with Crippen LogP contribution in [0.3, 0.4) is 0 Å². The van der Waals surface area contributed by atoms with E-state index in [1.54, 1.807) is 12.1 Å². The molecule has 0 amide bonds. The Morgan fingerprint density at radius 1 is 1.00 bits per heavy atom. The van der Waals surface area contributed by atoms with Gasteiger partial charge in [0, 0.05) is 11.4 Å². The minimum Gasteiger partial charge on any atom is -0.399 e. The monoisotopic (exact) mass is 305 g/mol. The first-order valence-corrected chi connectivity index (χ1v) is 7.99. The van der Waals surface area contributed by atoms with E-state index in [4.69, 9.17) is 5.73 Å². The molecule has 0 bridgehead atoms. The highest BCUT2D eigenvalue weighted by Gasteiger charge is 2.17. The number of nitrogens with one attached hydrogen (secondary N) is 2. The molecule has 0 saturated carbocycles. The Labute approximate surface area is 125 Å². The Kier molecular flexibility index (Phi) is 4.20. The van der Waals surface area contributed by atoms with E-state index in [1.807, 2.05) is 32.0 Å². The van der Waals surface area contributed by atoms with E-state index in [0.29, 0.717) is 11.4 Å². The second-order valence-electron chi connectivity index (χ2n) is 4.91. The summed E-state index contributed by atoms with van der Waals surface area (Å²) in [7, 11) is -2.21. The molecule has 0 heterocycles. The van der Waals surface area contributed by atoms with Gasteiger partial charge < -0.3 is 11.1 Å². The summed E-state index contributed by atoms with van der Waals surface area (Å²) >= 11 is 0. The van der Waals surface area contributed by atoms with Crippen LogP contribution in [0.25, 0.3) is 0 Å². The number of hydrogen-bond donors (Lipinski definition) is 3. The molecule has 5 nitrogen and oxygen atoms in total. The van der Waals surface area contributed by atoms with Crippen molar-refractivity contribution in [2.24, 2.45) is 0 Å². The Bertz CT molecular complexity index is 770. The van der Waals surface area contributed by atoms with Crippen LogP contribution in [0.15, 0.2) is 41.3 Å². The molecule has 0 aromatic heterocycles. The van der Waals surface area contributed by atoms with Gasteiger partial charge in [-0.1, -0.05) is 17.7 Å². The lowest BCUT2D eigenvalue weighted by Crippen LogP contribution is -2.20. The molecule has 0 spiro atoms. The number of hydrogen-bond acceptors (Lipinski definition) is 4. The van der Waals surface area contributed by atoms with Gasteiger partial charge in [-0.05, 0) is 50.7 Å². The highest BCUT2D eigenvalue weighted by molar-refractivity contribution is 7.89. The molecular weight excluding hydrogens is 286 g/mol. The Morgan fingerprint density at radius 3 is 2.29 bits per heavy atom. The van der Waals surface area contributed by atoms with E-state index in [0.717, 1.165) is 16.8 Å². The molecule has 0 aliphatic carbocycles. The number of nitrogen functional groups attached to an aromatic ring is 1. The Morgan fingerprint density at radius 2 is 1.67 bits per heavy atom. The topological polar surface area (TPSA) is 84.2 Å². The third kappa shape index (κ3) is 3.34. The summed E-state index contributed by atoms with van der Waals surface area (Å²) in [6.07, 6.45) is 0. The molecule has 0 fully saturated rings. The molecule has 0 aliphatic rings. The smallest absolute Gasteiger partial charge is 0.242 e. The summed E-state index contributed by atoms with van der Waals surface area (Å²) in [4.78, 5) is 0.130. The lowest BCUT2D eigenvalue weighted by atomic mass is 10.1. The summed E-state index contributed by atoms with van der Waals surface area (Å²) in [5.74, 6) is 0. The Hall–Kier alpha value is -2.05. The molecule has 0 radical (unpaired) electrons. The highest BCUT2D eigenvalue weighted by Crippen LogP contribution is 2.28. The predicted molar refractivity (Wildman–Crippen MR) is 86.3 cm³/mol. The van der Waals surface area contributed by atoms with Gasteiger partial charge in [-0.25, -0.2) is 13.1 Å². The molecule has 4 N–H and O–H groups in total. The van der Waals surface area contributed by atoms with Gasteiger partial charge in [-0.15, -0.1) is 0 Å². The number of nitrogens with two attached hydrogens (primary N) is 1. The van der Waals surface area contributed by atoms with Crippen LogP contribution >= 0.6 is 0 Å². The zero-order valence-electron chi connectivity index (χ0n) is 12.3. The van der Waals surface area contributed by atoms with E-state index < -0.39 is 10.0 Å². The molecule has 0 aliphatic heterocycles. The van der Waals surface area contributed by atoms with Crippen LogP contribution in [-0.2, 0) is 10.0 Å². The first kappa shape index (κ1) is 15.3. The standard InChI is InChI=1S/C15H19N3O2S/c1-10-4-6-13(11(2)8-10)18-14-7-5-12(16)9-15(14)21(19,20)17-3/h4-9,17-18H,16H2,1-3H3. The van der Waals surface area contributed by atoms with Crippen LogP contribution in [0.2, 0.25) is 0 Å². The first-order chi connectivity index (χ1) is 9.83. The van der Waals surface area contributed by atoms with Crippen molar-refractivity contribution in [3.8, 4) is 0 Å². The van der Waals surface area contributed by atoms with Crippen LogP contribution in [-0.4, -0.2) is 15.5 Å². The van der Waals surface area contributed by atoms with E-state index in [1.165, 1.54) is 13.1 Å². The van der Waals surface area contributed by atoms with E-state index in [2.05, 4.69) is 10.0 Å². The van der Waals surface area contributed by atoms with E-state index in [-0.39, 0.29) is 4.90 Å². The summed E-state index contributed by atoms with van der Waals surface area (Å²) in [5.41, 5.74) is 9.64. The fraction of sp³-hybridized carbons (Fsp3) is 0.200. The van der Waals surface area contributed by atoms with E-state index in [9.17, 15) is 8.42 Å². The van der Waals surface area contributed by atoms with Crippen molar-refractivity contribution < 1.29 is 8.42 Å². The fourth-order valence-corrected chi connectivity index (χ4v) is 2.99. The average Bonchev–Trinajstić information content (AvgIpc) is 2.43. The van der Waals surface area contributed by atoms with Crippen LogP contribution < -0.4 is 15.8 Å². The van der Waals surface area contributed by atoms with Crippen LogP contribution in [0.1, 0.15) is 11.1 Å². The molecule has 0 unspecified atom stereocenters. The lowest BCUT2D eigenvalue weighted by molar-refractivity contribution is 0.588. The SMILES string of the molecule is CNS(=O)(=O)c1cc(N)ccc1Nc1ccc(C)cc1C. The summed E-state index contributed by atoms with van der Waals surface area (Å²) in [5, 5.41) is 3.16.